The van der Waals surface area contributed by atoms with E-state index < -0.39 is 0 Å². The van der Waals surface area contributed by atoms with E-state index in [0.717, 1.165) is 38.8 Å². The number of aliphatic hydroxyl groups is 1. The van der Waals surface area contributed by atoms with Crippen molar-refractivity contribution in [2.75, 3.05) is 26.7 Å². The van der Waals surface area contributed by atoms with Crippen LogP contribution in [0.5, 0.6) is 0 Å². The number of aliphatic hydroxyl groups excluding tert-OH is 1. The molecule has 1 amide bonds. The van der Waals surface area contributed by atoms with Gasteiger partial charge in [0, 0.05) is 32.7 Å². The molecule has 0 aromatic rings. The van der Waals surface area contributed by atoms with Gasteiger partial charge in [-0.1, -0.05) is 6.42 Å². The number of carbonyl (C=O) groups excluding carboxylic acids is 1. The molecule has 0 aliphatic carbocycles. The van der Waals surface area contributed by atoms with Crippen LogP contribution in [0.2, 0.25) is 0 Å². The number of piperidine rings is 1. The average molecular weight is 256 g/mol. The predicted molar refractivity (Wildman–Crippen MR) is 73.4 cm³/mol. The third kappa shape index (κ3) is 6.36. The van der Waals surface area contributed by atoms with Crippen molar-refractivity contribution in [2.24, 2.45) is 0 Å². The molecule has 1 saturated heterocycles. The highest BCUT2D eigenvalue weighted by Gasteiger charge is 2.15. The molecule has 0 radical (unpaired) electrons. The van der Waals surface area contributed by atoms with E-state index in [4.69, 9.17) is 5.11 Å². The summed E-state index contributed by atoms with van der Waals surface area (Å²) < 4.78 is 0. The van der Waals surface area contributed by atoms with Gasteiger partial charge in [-0.15, -0.1) is 0 Å². The van der Waals surface area contributed by atoms with Gasteiger partial charge in [0.15, 0.2) is 0 Å². The minimum absolute atomic E-state index is 0.255. The highest BCUT2D eigenvalue weighted by molar-refractivity contribution is 5.75. The van der Waals surface area contributed by atoms with Crippen LogP contribution >= 0.6 is 0 Å². The van der Waals surface area contributed by atoms with Gasteiger partial charge in [-0.2, -0.15) is 0 Å². The topological polar surface area (TPSA) is 52.6 Å². The van der Waals surface area contributed by atoms with E-state index in [1.165, 1.54) is 19.3 Å². The summed E-state index contributed by atoms with van der Waals surface area (Å²) in [6.07, 6.45) is 8.25. The van der Waals surface area contributed by atoms with Gasteiger partial charge in [0.1, 0.15) is 0 Å². The molecule has 0 aromatic heterocycles. The maximum Gasteiger partial charge on any atom is 0.222 e. The second-order valence-electron chi connectivity index (χ2n) is 5.29. The molecule has 0 saturated carbocycles. The van der Waals surface area contributed by atoms with Crippen LogP contribution in [0.4, 0.5) is 0 Å². The zero-order valence-corrected chi connectivity index (χ0v) is 11.7. The first-order chi connectivity index (χ1) is 8.74. The van der Waals surface area contributed by atoms with Crippen LogP contribution in [0.15, 0.2) is 0 Å². The molecule has 0 aromatic carbocycles. The maximum absolute atomic E-state index is 11.9. The maximum atomic E-state index is 11.9. The third-order valence-electron chi connectivity index (χ3n) is 3.70. The first-order valence-electron chi connectivity index (χ1n) is 7.32. The Labute approximate surface area is 111 Å². The second kappa shape index (κ2) is 9.34. The molecule has 1 fully saturated rings. The van der Waals surface area contributed by atoms with Gasteiger partial charge in [-0.05, 0) is 45.1 Å². The zero-order valence-electron chi connectivity index (χ0n) is 11.7. The van der Waals surface area contributed by atoms with Crippen molar-refractivity contribution < 1.29 is 9.90 Å². The lowest BCUT2D eigenvalue weighted by Gasteiger charge is -2.24. The van der Waals surface area contributed by atoms with E-state index in [9.17, 15) is 4.79 Å². The Morgan fingerprint density at radius 1 is 1.33 bits per heavy atom. The molecule has 1 heterocycles. The summed E-state index contributed by atoms with van der Waals surface area (Å²) >= 11 is 0. The fraction of sp³-hybridized carbons (Fsp3) is 0.929. The molecule has 1 aliphatic rings. The first kappa shape index (κ1) is 15.4. The number of hydrogen-bond acceptors (Lipinski definition) is 3. The number of carbonyl (C=O) groups is 1. The van der Waals surface area contributed by atoms with E-state index >= 15 is 0 Å². The van der Waals surface area contributed by atoms with Gasteiger partial charge in [-0.3, -0.25) is 4.79 Å². The summed E-state index contributed by atoms with van der Waals surface area (Å²) in [5, 5.41) is 12.2. The zero-order chi connectivity index (χ0) is 13.2. The Morgan fingerprint density at radius 2 is 2.17 bits per heavy atom. The van der Waals surface area contributed by atoms with E-state index in [1.807, 2.05) is 11.9 Å². The van der Waals surface area contributed by atoms with Crippen molar-refractivity contribution in [1.29, 1.82) is 0 Å². The number of nitrogens with zero attached hydrogens (tertiary/aromatic N) is 1. The molecule has 106 valence electrons. The van der Waals surface area contributed by atoms with Crippen LogP contribution in [-0.2, 0) is 4.79 Å². The predicted octanol–water partition coefficient (Wildman–Crippen LogP) is 1.53. The molecule has 0 bridgehead atoms. The Morgan fingerprint density at radius 3 is 2.83 bits per heavy atom. The smallest absolute Gasteiger partial charge is 0.222 e. The van der Waals surface area contributed by atoms with Gasteiger partial charge in [-0.25, -0.2) is 0 Å². The number of amides is 1. The summed E-state index contributed by atoms with van der Waals surface area (Å²) in [6, 6.07) is 0.547. The molecule has 2 N–H and O–H groups in total. The van der Waals surface area contributed by atoms with Crippen LogP contribution < -0.4 is 5.32 Å². The molecular weight excluding hydrogens is 228 g/mol. The van der Waals surface area contributed by atoms with Crippen LogP contribution in [0.3, 0.4) is 0 Å². The van der Waals surface area contributed by atoms with Gasteiger partial charge in [0.25, 0.3) is 0 Å². The molecule has 1 atom stereocenters. The SMILES string of the molecule is CN(CCCCCO)C(=O)CCC1CCCCN1. The van der Waals surface area contributed by atoms with Crippen LogP contribution in [-0.4, -0.2) is 48.7 Å². The summed E-state index contributed by atoms with van der Waals surface area (Å²) in [7, 11) is 1.88. The summed E-state index contributed by atoms with van der Waals surface area (Å²) in [5.41, 5.74) is 0. The summed E-state index contributed by atoms with van der Waals surface area (Å²) in [5.74, 6) is 0.256. The highest BCUT2D eigenvalue weighted by Crippen LogP contribution is 2.12. The van der Waals surface area contributed by atoms with Crippen molar-refractivity contribution in [3.8, 4) is 0 Å². The fourth-order valence-electron chi connectivity index (χ4n) is 2.42. The molecule has 1 aliphatic heterocycles. The molecule has 0 spiro atoms. The van der Waals surface area contributed by atoms with Gasteiger partial charge in [0.05, 0.1) is 0 Å². The van der Waals surface area contributed by atoms with Crippen molar-refractivity contribution in [1.82, 2.24) is 10.2 Å². The van der Waals surface area contributed by atoms with E-state index in [1.54, 1.807) is 0 Å². The highest BCUT2D eigenvalue weighted by atomic mass is 16.2. The molecule has 18 heavy (non-hydrogen) atoms. The molecule has 1 rings (SSSR count). The van der Waals surface area contributed by atoms with Gasteiger partial charge in [0.2, 0.25) is 5.91 Å². The minimum atomic E-state index is 0.255. The van der Waals surface area contributed by atoms with Crippen molar-refractivity contribution in [2.45, 2.75) is 57.4 Å². The quantitative estimate of drug-likeness (QED) is 0.648. The number of unbranched alkanes of at least 4 members (excludes halogenated alkanes) is 2. The van der Waals surface area contributed by atoms with Crippen LogP contribution in [0, 0.1) is 0 Å². The normalized spacial score (nSPS) is 19.8. The Balaban J connectivity index is 2.07. The van der Waals surface area contributed by atoms with E-state index in [0.29, 0.717) is 12.5 Å². The van der Waals surface area contributed by atoms with Gasteiger partial charge >= 0.3 is 0 Å². The van der Waals surface area contributed by atoms with Crippen molar-refractivity contribution in [3.05, 3.63) is 0 Å². The largest absolute Gasteiger partial charge is 0.396 e. The molecular formula is C14H28N2O2. The lowest BCUT2D eigenvalue weighted by molar-refractivity contribution is -0.130. The lowest BCUT2D eigenvalue weighted by Crippen LogP contribution is -2.36. The number of rotatable bonds is 8. The summed E-state index contributed by atoms with van der Waals surface area (Å²) in [6.45, 7) is 2.18. The van der Waals surface area contributed by atoms with Crippen LogP contribution in [0.1, 0.15) is 51.4 Å². The summed E-state index contributed by atoms with van der Waals surface area (Å²) in [4.78, 5) is 13.7. The molecule has 4 heteroatoms. The van der Waals surface area contributed by atoms with E-state index in [-0.39, 0.29) is 12.5 Å². The number of hydrogen-bond donors (Lipinski definition) is 2. The van der Waals surface area contributed by atoms with E-state index in [2.05, 4.69) is 5.32 Å². The second-order valence-corrected chi connectivity index (χ2v) is 5.29. The van der Waals surface area contributed by atoms with Crippen LogP contribution in [0.25, 0.3) is 0 Å². The third-order valence-corrected chi connectivity index (χ3v) is 3.70. The molecule has 4 nitrogen and oxygen atoms in total. The standard InChI is InChI=1S/C14H28N2O2/c1-16(11-5-2-6-12-17)14(18)9-8-13-7-3-4-10-15-13/h13,15,17H,2-12H2,1H3. The first-order valence-corrected chi connectivity index (χ1v) is 7.32. The molecule has 1 unspecified atom stereocenters. The minimum Gasteiger partial charge on any atom is -0.396 e. The average Bonchev–Trinajstić information content (AvgIpc) is 2.42. The Bertz CT molecular complexity index is 228. The number of nitrogens with one attached hydrogen (secondary N) is 1. The fourth-order valence-corrected chi connectivity index (χ4v) is 2.42. The Hall–Kier alpha value is -0.610. The monoisotopic (exact) mass is 256 g/mol. The van der Waals surface area contributed by atoms with Crippen molar-refractivity contribution >= 4 is 5.91 Å². The lowest BCUT2D eigenvalue weighted by atomic mass is 10.0. The van der Waals surface area contributed by atoms with Crippen molar-refractivity contribution in [3.63, 3.8) is 0 Å². The van der Waals surface area contributed by atoms with Gasteiger partial charge < -0.3 is 15.3 Å². The Kier molecular flexibility index (Phi) is 8.01.